The standard InChI is InChI=1S/C18H23F4NS.C3H8/c1-5-16(17-7-6-15(19)12-13(17)2)14-8-10-23(11-9-14)24(3,4)18(20,21)22;1-3-2/h5-7,12,14H,3-4,8-11H2,1-2H3;3H2,1-2H3/b16-5-;. The molecule has 0 spiro atoms. The number of hydrogen-bond acceptors (Lipinski definition) is 1. The predicted molar refractivity (Wildman–Crippen MR) is 113 cm³/mol. The minimum atomic E-state index is -4.38. The van der Waals surface area contributed by atoms with Crippen molar-refractivity contribution in [3.8, 4) is 0 Å². The lowest BCUT2D eigenvalue weighted by Crippen LogP contribution is -2.35. The minimum Gasteiger partial charge on any atom is -0.255 e. The van der Waals surface area contributed by atoms with E-state index in [1.807, 2.05) is 19.9 Å². The molecule has 154 valence electrons. The van der Waals surface area contributed by atoms with Crippen LogP contribution in [-0.2, 0) is 0 Å². The molecule has 1 aliphatic heterocycles. The smallest absolute Gasteiger partial charge is 0.255 e. The second-order valence-electron chi connectivity index (χ2n) is 6.90. The summed E-state index contributed by atoms with van der Waals surface area (Å²) in [6.07, 6.45) is 4.47. The first-order valence-corrected chi connectivity index (χ1v) is 11.2. The van der Waals surface area contributed by atoms with Gasteiger partial charge in [-0.25, -0.2) is 4.39 Å². The largest absolute Gasteiger partial charge is 0.443 e. The van der Waals surface area contributed by atoms with Crippen LogP contribution in [0.1, 0.15) is 51.2 Å². The first-order chi connectivity index (χ1) is 12.5. The molecular weight excluding hydrogens is 374 g/mol. The van der Waals surface area contributed by atoms with Gasteiger partial charge in [-0.05, 0) is 61.4 Å². The lowest BCUT2D eigenvalue weighted by Gasteiger charge is -2.38. The first kappa shape index (κ1) is 23.8. The molecule has 1 saturated heterocycles. The summed E-state index contributed by atoms with van der Waals surface area (Å²) >= 11 is 0. The summed E-state index contributed by atoms with van der Waals surface area (Å²) < 4.78 is 54.0. The number of allylic oxidation sites excluding steroid dienone is 2. The highest BCUT2D eigenvalue weighted by atomic mass is 32.2. The number of hydrogen-bond donors (Lipinski definition) is 0. The van der Waals surface area contributed by atoms with Crippen LogP contribution in [0.5, 0.6) is 0 Å². The Kier molecular flexibility index (Phi) is 8.61. The highest BCUT2D eigenvalue weighted by Gasteiger charge is 2.39. The number of benzene rings is 1. The van der Waals surface area contributed by atoms with Crippen LogP contribution >= 0.6 is 9.39 Å². The normalized spacial score (nSPS) is 17.4. The molecule has 1 aliphatic rings. The monoisotopic (exact) mass is 405 g/mol. The number of halogens is 4. The second-order valence-corrected chi connectivity index (χ2v) is 9.57. The Morgan fingerprint density at radius 3 is 2.15 bits per heavy atom. The van der Waals surface area contributed by atoms with Gasteiger partial charge in [0.1, 0.15) is 5.82 Å². The van der Waals surface area contributed by atoms with E-state index in [1.54, 1.807) is 6.07 Å². The van der Waals surface area contributed by atoms with Gasteiger partial charge in [0, 0.05) is 13.1 Å². The van der Waals surface area contributed by atoms with E-state index in [1.165, 1.54) is 22.9 Å². The van der Waals surface area contributed by atoms with E-state index in [2.05, 4.69) is 25.6 Å². The van der Waals surface area contributed by atoms with Crippen LogP contribution in [0.3, 0.4) is 0 Å². The molecule has 0 radical (unpaired) electrons. The zero-order valence-electron chi connectivity index (χ0n) is 16.7. The quantitative estimate of drug-likeness (QED) is 0.396. The third-order valence-corrected chi connectivity index (χ3v) is 6.84. The van der Waals surface area contributed by atoms with E-state index in [0.29, 0.717) is 25.9 Å². The van der Waals surface area contributed by atoms with Crippen molar-refractivity contribution in [1.29, 1.82) is 0 Å². The molecule has 1 aromatic carbocycles. The minimum absolute atomic E-state index is 0.166. The number of alkyl halides is 3. The van der Waals surface area contributed by atoms with Gasteiger partial charge in [0.25, 0.3) is 0 Å². The van der Waals surface area contributed by atoms with Crippen LogP contribution < -0.4 is 0 Å². The number of nitrogens with zero attached hydrogens (tertiary/aromatic N) is 1. The van der Waals surface area contributed by atoms with Gasteiger partial charge < -0.3 is 0 Å². The fraction of sp³-hybridized carbons (Fsp3) is 0.524. The van der Waals surface area contributed by atoms with E-state index in [9.17, 15) is 17.6 Å². The molecule has 6 heteroatoms. The van der Waals surface area contributed by atoms with E-state index in [4.69, 9.17) is 0 Å². The van der Waals surface area contributed by atoms with Crippen molar-refractivity contribution in [3.63, 3.8) is 0 Å². The topological polar surface area (TPSA) is 3.24 Å². The van der Waals surface area contributed by atoms with Gasteiger partial charge in [-0.1, -0.05) is 53.5 Å². The second kappa shape index (κ2) is 9.78. The summed E-state index contributed by atoms with van der Waals surface area (Å²) in [7, 11) is -3.27. The molecule has 0 aliphatic carbocycles. The molecule has 0 atom stereocenters. The molecule has 1 fully saturated rings. The maximum atomic E-state index is 13.3. The number of aryl methyl sites for hydroxylation is 1. The van der Waals surface area contributed by atoms with Gasteiger partial charge in [0.15, 0.2) is 0 Å². The summed E-state index contributed by atoms with van der Waals surface area (Å²) in [4.78, 5) is 0. The van der Waals surface area contributed by atoms with Crippen molar-refractivity contribution in [2.24, 2.45) is 5.92 Å². The Morgan fingerprint density at radius 1 is 1.22 bits per heavy atom. The third-order valence-electron chi connectivity index (χ3n) is 4.63. The third kappa shape index (κ3) is 5.85. The van der Waals surface area contributed by atoms with Crippen LogP contribution in [-0.4, -0.2) is 34.6 Å². The molecule has 0 amide bonds. The molecule has 0 saturated carbocycles. The van der Waals surface area contributed by atoms with Gasteiger partial charge >= 0.3 is 5.51 Å². The van der Waals surface area contributed by atoms with Crippen LogP contribution in [0.2, 0.25) is 0 Å². The molecule has 1 heterocycles. The van der Waals surface area contributed by atoms with E-state index in [-0.39, 0.29) is 11.7 Å². The lowest BCUT2D eigenvalue weighted by atomic mass is 9.84. The zero-order valence-corrected chi connectivity index (χ0v) is 17.5. The van der Waals surface area contributed by atoms with Crippen molar-refractivity contribution in [1.82, 2.24) is 4.31 Å². The molecule has 1 aromatic rings. The summed E-state index contributed by atoms with van der Waals surface area (Å²) in [5, 5.41) is 0. The average Bonchev–Trinajstić information content (AvgIpc) is 2.57. The summed E-state index contributed by atoms with van der Waals surface area (Å²) in [5.74, 6) is 6.59. The summed E-state index contributed by atoms with van der Waals surface area (Å²) in [6.45, 7) is 8.66. The number of piperidine rings is 1. The molecule has 0 aromatic heterocycles. The van der Waals surface area contributed by atoms with Crippen LogP contribution in [0.15, 0.2) is 24.3 Å². The van der Waals surface area contributed by atoms with E-state index in [0.717, 1.165) is 16.7 Å². The molecule has 0 unspecified atom stereocenters. The molecule has 0 bridgehead atoms. The highest BCUT2D eigenvalue weighted by Crippen LogP contribution is 2.47. The van der Waals surface area contributed by atoms with Crippen molar-refractivity contribution in [2.75, 3.05) is 13.1 Å². The van der Waals surface area contributed by atoms with E-state index < -0.39 is 14.9 Å². The zero-order chi connectivity index (χ0) is 20.8. The van der Waals surface area contributed by atoms with Gasteiger partial charge in [-0.15, -0.1) is 0 Å². The Bertz CT molecular complexity index is 740. The molecule has 0 N–H and O–H groups in total. The fourth-order valence-corrected chi connectivity index (χ4v) is 4.43. The maximum Gasteiger partial charge on any atom is 0.443 e. The average molecular weight is 406 g/mol. The summed E-state index contributed by atoms with van der Waals surface area (Å²) in [5.41, 5.74) is -1.49. The van der Waals surface area contributed by atoms with Gasteiger partial charge in [0.2, 0.25) is 0 Å². The highest BCUT2D eigenvalue weighted by molar-refractivity contribution is 8.26. The van der Waals surface area contributed by atoms with E-state index >= 15 is 0 Å². The van der Waals surface area contributed by atoms with Crippen molar-refractivity contribution < 1.29 is 17.6 Å². The molecule has 27 heavy (non-hydrogen) atoms. The van der Waals surface area contributed by atoms with Crippen LogP contribution in [0.4, 0.5) is 17.6 Å². The fourth-order valence-electron chi connectivity index (χ4n) is 3.22. The first-order valence-electron chi connectivity index (χ1n) is 9.23. The van der Waals surface area contributed by atoms with Crippen molar-refractivity contribution in [2.45, 2.75) is 52.5 Å². The Morgan fingerprint density at radius 2 is 1.74 bits per heavy atom. The lowest BCUT2D eigenvalue weighted by molar-refractivity contribution is -0.0381. The molecule has 1 nitrogen and oxygen atoms in total. The molecule has 2 rings (SSSR count). The number of rotatable bonds is 3. The van der Waals surface area contributed by atoms with Gasteiger partial charge in [-0.3, -0.25) is 4.31 Å². The Balaban J connectivity index is 0.00000114. The molecular formula is C21H31F4NS. The van der Waals surface area contributed by atoms with Crippen molar-refractivity contribution >= 4 is 26.7 Å². The summed E-state index contributed by atoms with van der Waals surface area (Å²) in [6, 6.07) is 4.66. The Labute approximate surface area is 161 Å². The maximum absolute atomic E-state index is 13.3. The van der Waals surface area contributed by atoms with Crippen molar-refractivity contribution in [3.05, 3.63) is 41.2 Å². The Hall–Kier alpha value is -1.27. The van der Waals surface area contributed by atoms with Gasteiger partial charge in [0.05, 0.1) is 0 Å². The van der Waals surface area contributed by atoms with Crippen LogP contribution in [0.25, 0.3) is 5.57 Å². The predicted octanol–water partition coefficient (Wildman–Crippen LogP) is 6.77. The van der Waals surface area contributed by atoms with Crippen LogP contribution in [0, 0.1) is 18.7 Å². The SMILES string of the molecule is C=S(=C)(N1CCC(/C(=C/C)c2ccc(F)cc2C)CC1)C(F)(F)F.CCC. The van der Waals surface area contributed by atoms with Gasteiger partial charge in [-0.2, -0.15) is 13.2 Å².